The smallest absolute Gasteiger partial charge is 0.338 e. The summed E-state index contributed by atoms with van der Waals surface area (Å²) in [4.78, 5) is 26.9. The summed E-state index contributed by atoms with van der Waals surface area (Å²) in [6.07, 6.45) is 0. The minimum atomic E-state index is -0.840. The third kappa shape index (κ3) is 4.81. The van der Waals surface area contributed by atoms with E-state index in [1.54, 1.807) is 43.0 Å². The van der Waals surface area contributed by atoms with Gasteiger partial charge in [-0.15, -0.1) is 0 Å². The molecule has 9 nitrogen and oxygen atoms in total. The van der Waals surface area contributed by atoms with Crippen LogP contribution < -0.4 is 10.5 Å². The van der Waals surface area contributed by atoms with E-state index in [1.807, 2.05) is 6.07 Å². The van der Waals surface area contributed by atoms with E-state index in [4.69, 9.17) is 24.7 Å². The summed E-state index contributed by atoms with van der Waals surface area (Å²) >= 11 is 0. The highest BCUT2D eigenvalue weighted by Crippen LogP contribution is 2.42. The van der Waals surface area contributed by atoms with Crippen LogP contribution in [0.15, 0.2) is 47.1 Å². The molecule has 0 radical (unpaired) electrons. The lowest BCUT2D eigenvalue weighted by Gasteiger charge is -2.29. The van der Waals surface area contributed by atoms with E-state index in [0.29, 0.717) is 37.6 Å². The number of nitrogens with two attached hydrogens (primary N) is 1. The molecule has 0 aliphatic carbocycles. The predicted molar refractivity (Wildman–Crippen MR) is 109 cm³/mol. The zero-order valence-corrected chi connectivity index (χ0v) is 17.6. The normalized spacial score (nSPS) is 18.9. The SMILES string of the molecule is CCOC(=O)C1=C(C)OC(N)=C(C#N)C1c1ccccc1OCC(=O)N1CCOCC1. The maximum Gasteiger partial charge on any atom is 0.338 e. The van der Waals surface area contributed by atoms with E-state index >= 15 is 0 Å². The number of carbonyl (C=O) groups is 2. The van der Waals surface area contributed by atoms with Crippen LogP contribution in [0.2, 0.25) is 0 Å². The van der Waals surface area contributed by atoms with Gasteiger partial charge in [-0.2, -0.15) is 5.26 Å². The highest BCUT2D eigenvalue weighted by atomic mass is 16.5. The molecular weight excluding hydrogens is 402 g/mol. The molecule has 1 amide bonds. The van der Waals surface area contributed by atoms with Crippen molar-refractivity contribution in [3.8, 4) is 11.8 Å². The molecule has 2 N–H and O–H groups in total. The van der Waals surface area contributed by atoms with Gasteiger partial charge in [-0.05, 0) is 19.9 Å². The van der Waals surface area contributed by atoms with Crippen molar-refractivity contribution in [2.24, 2.45) is 5.73 Å². The van der Waals surface area contributed by atoms with Crippen LogP contribution in [0.3, 0.4) is 0 Å². The van der Waals surface area contributed by atoms with Crippen molar-refractivity contribution in [1.82, 2.24) is 4.90 Å². The van der Waals surface area contributed by atoms with Crippen LogP contribution >= 0.6 is 0 Å². The largest absolute Gasteiger partial charge is 0.483 e. The molecule has 1 unspecified atom stereocenters. The first-order valence-electron chi connectivity index (χ1n) is 10.0. The number of carbonyl (C=O) groups excluding carboxylic acids is 2. The fourth-order valence-corrected chi connectivity index (χ4v) is 3.56. The number of amides is 1. The zero-order chi connectivity index (χ0) is 22.4. The lowest BCUT2D eigenvalue weighted by Crippen LogP contribution is -2.43. The molecule has 9 heteroatoms. The fourth-order valence-electron chi connectivity index (χ4n) is 3.56. The number of para-hydroxylation sites is 1. The van der Waals surface area contributed by atoms with Gasteiger partial charge >= 0.3 is 5.97 Å². The second-order valence-corrected chi connectivity index (χ2v) is 6.93. The maximum atomic E-state index is 12.7. The molecule has 0 bridgehead atoms. The molecule has 2 aliphatic heterocycles. The molecule has 1 atom stereocenters. The highest BCUT2D eigenvalue weighted by Gasteiger charge is 2.37. The van der Waals surface area contributed by atoms with Gasteiger partial charge in [-0.3, -0.25) is 4.79 Å². The number of hydrogen-bond donors (Lipinski definition) is 1. The lowest BCUT2D eigenvalue weighted by molar-refractivity contribution is -0.139. The Bertz CT molecular complexity index is 956. The van der Waals surface area contributed by atoms with E-state index in [-0.39, 0.29) is 41.9 Å². The maximum absolute atomic E-state index is 12.7. The Balaban J connectivity index is 1.93. The standard InChI is InChI=1S/C22H25N3O6/c1-3-29-22(27)19-14(2)31-21(24)16(12-23)20(19)15-6-4-5-7-17(15)30-13-18(26)25-8-10-28-11-9-25/h4-7,20H,3,8-11,13,24H2,1-2H3. The van der Waals surface area contributed by atoms with Gasteiger partial charge in [-0.1, -0.05) is 18.2 Å². The van der Waals surface area contributed by atoms with Crippen molar-refractivity contribution in [2.45, 2.75) is 19.8 Å². The molecule has 31 heavy (non-hydrogen) atoms. The number of nitrogens with zero attached hydrogens (tertiary/aromatic N) is 2. The average molecular weight is 427 g/mol. The Hall–Kier alpha value is -3.51. The summed E-state index contributed by atoms with van der Waals surface area (Å²) in [5.74, 6) is -1.09. The third-order valence-electron chi connectivity index (χ3n) is 5.05. The third-order valence-corrected chi connectivity index (χ3v) is 5.05. The Labute approximate surface area is 180 Å². The van der Waals surface area contributed by atoms with Gasteiger partial charge in [0.25, 0.3) is 5.91 Å². The molecular formula is C22H25N3O6. The number of allylic oxidation sites excluding steroid dienone is 2. The van der Waals surface area contributed by atoms with Gasteiger partial charge in [0.2, 0.25) is 5.88 Å². The molecule has 0 aromatic heterocycles. The van der Waals surface area contributed by atoms with Crippen molar-refractivity contribution >= 4 is 11.9 Å². The molecule has 2 aliphatic rings. The molecule has 164 valence electrons. The number of esters is 1. The highest BCUT2D eigenvalue weighted by molar-refractivity contribution is 5.92. The zero-order valence-electron chi connectivity index (χ0n) is 17.6. The van der Waals surface area contributed by atoms with Gasteiger partial charge < -0.3 is 29.6 Å². The van der Waals surface area contributed by atoms with Crippen molar-refractivity contribution in [1.29, 1.82) is 5.26 Å². The van der Waals surface area contributed by atoms with E-state index in [2.05, 4.69) is 0 Å². The number of morpholine rings is 1. The van der Waals surface area contributed by atoms with E-state index in [1.165, 1.54) is 0 Å². The predicted octanol–water partition coefficient (Wildman–Crippen LogP) is 1.57. The number of hydrogen-bond acceptors (Lipinski definition) is 8. The molecule has 3 rings (SSSR count). The summed E-state index contributed by atoms with van der Waals surface area (Å²) < 4.78 is 21.7. The first-order valence-corrected chi connectivity index (χ1v) is 10.0. The van der Waals surface area contributed by atoms with Crippen LogP contribution in [0.4, 0.5) is 0 Å². The Morgan fingerprint density at radius 1 is 1.29 bits per heavy atom. The Morgan fingerprint density at radius 3 is 2.68 bits per heavy atom. The van der Waals surface area contributed by atoms with Crippen molar-refractivity contribution in [3.05, 3.63) is 52.6 Å². The molecule has 1 aromatic carbocycles. The van der Waals surface area contributed by atoms with E-state index in [9.17, 15) is 14.9 Å². The first-order chi connectivity index (χ1) is 15.0. The van der Waals surface area contributed by atoms with Crippen molar-refractivity contribution in [3.63, 3.8) is 0 Å². The number of nitriles is 1. The topological polar surface area (TPSA) is 124 Å². The van der Waals surface area contributed by atoms with Crippen LogP contribution in [0, 0.1) is 11.3 Å². The second kappa shape index (κ2) is 10.00. The van der Waals surface area contributed by atoms with Gasteiger partial charge in [0.1, 0.15) is 23.2 Å². The van der Waals surface area contributed by atoms with Crippen LogP contribution in [0.1, 0.15) is 25.3 Å². The van der Waals surface area contributed by atoms with Gasteiger partial charge in [0, 0.05) is 18.7 Å². The minimum Gasteiger partial charge on any atom is -0.483 e. The van der Waals surface area contributed by atoms with Crippen LogP contribution in [-0.4, -0.2) is 56.3 Å². The van der Waals surface area contributed by atoms with E-state index in [0.717, 1.165) is 0 Å². The number of rotatable bonds is 6. The molecule has 2 heterocycles. The molecule has 0 spiro atoms. The van der Waals surface area contributed by atoms with Crippen LogP contribution in [0.25, 0.3) is 0 Å². The second-order valence-electron chi connectivity index (χ2n) is 6.93. The van der Waals surface area contributed by atoms with Gasteiger partial charge in [-0.25, -0.2) is 4.79 Å². The Morgan fingerprint density at radius 2 is 2.00 bits per heavy atom. The molecule has 0 saturated carbocycles. The monoisotopic (exact) mass is 427 g/mol. The van der Waals surface area contributed by atoms with Crippen LogP contribution in [-0.2, 0) is 23.8 Å². The summed E-state index contributed by atoms with van der Waals surface area (Å²) in [5, 5.41) is 9.73. The average Bonchev–Trinajstić information content (AvgIpc) is 2.78. The first kappa shape index (κ1) is 22.2. The summed E-state index contributed by atoms with van der Waals surface area (Å²) in [7, 11) is 0. The summed E-state index contributed by atoms with van der Waals surface area (Å²) in [6, 6.07) is 8.94. The summed E-state index contributed by atoms with van der Waals surface area (Å²) in [6.45, 7) is 5.27. The van der Waals surface area contributed by atoms with Crippen LogP contribution in [0.5, 0.6) is 5.75 Å². The molecule has 1 aromatic rings. The summed E-state index contributed by atoms with van der Waals surface area (Å²) in [5.41, 5.74) is 6.71. The van der Waals surface area contributed by atoms with Gasteiger partial charge in [0.15, 0.2) is 6.61 Å². The van der Waals surface area contributed by atoms with Crippen molar-refractivity contribution in [2.75, 3.05) is 39.5 Å². The number of benzene rings is 1. The van der Waals surface area contributed by atoms with Crippen molar-refractivity contribution < 1.29 is 28.5 Å². The minimum absolute atomic E-state index is 0.0733. The lowest BCUT2D eigenvalue weighted by atomic mass is 9.82. The fraction of sp³-hybridized carbons (Fsp3) is 0.409. The van der Waals surface area contributed by atoms with E-state index < -0.39 is 11.9 Å². The Kier molecular flexibility index (Phi) is 7.15. The quantitative estimate of drug-likeness (QED) is 0.679. The molecule has 1 saturated heterocycles. The number of ether oxygens (including phenoxy) is 4. The molecule has 1 fully saturated rings. The van der Waals surface area contributed by atoms with Gasteiger partial charge in [0.05, 0.1) is 31.3 Å².